The molecule has 2 N–H and O–H groups in total. The Labute approximate surface area is 167 Å². The number of nitrogens with one attached hydrogen (secondary N) is 1. The van der Waals surface area contributed by atoms with Gasteiger partial charge in [-0.1, -0.05) is 42.5 Å². The number of aliphatic carboxylic acids is 1. The molecular weight excluding hydrogens is 370 g/mol. The highest BCUT2D eigenvalue weighted by Gasteiger charge is 2.30. The van der Waals surface area contributed by atoms with Crippen molar-refractivity contribution in [3.05, 3.63) is 70.7 Å². The number of carboxylic acids is 1. The number of rotatable bonds is 5. The SMILES string of the molecule is Cc1c(C(=O)N[C@H](CC(=O)O)c2cccc3ccccc23)oc2c1C(=O)CCC2. The molecule has 1 atom stereocenters. The fourth-order valence-electron chi connectivity index (χ4n) is 4.06. The summed E-state index contributed by atoms with van der Waals surface area (Å²) in [6.07, 6.45) is 1.51. The molecule has 2 aromatic carbocycles. The zero-order valence-corrected chi connectivity index (χ0v) is 16.0. The van der Waals surface area contributed by atoms with Gasteiger partial charge in [-0.3, -0.25) is 14.4 Å². The molecule has 3 aromatic rings. The highest BCUT2D eigenvalue weighted by atomic mass is 16.4. The van der Waals surface area contributed by atoms with Gasteiger partial charge in [-0.05, 0) is 29.7 Å². The van der Waals surface area contributed by atoms with Gasteiger partial charge in [0, 0.05) is 18.4 Å². The van der Waals surface area contributed by atoms with Crippen LogP contribution in [0.25, 0.3) is 10.8 Å². The summed E-state index contributed by atoms with van der Waals surface area (Å²) in [7, 11) is 0. The van der Waals surface area contributed by atoms with Crippen LogP contribution < -0.4 is 5.32 Å². The van der Waals surface area contributed by atoms with Crippen molar-refractivity contribution in [2.75, 3.05) is 0 Å². The van der Waals surface area contributed by atoms with Gasteiger partial charge in [0.05, 0.1) is 18.0 Å². The summed E-state index contributed by atoms with van der Waals surface area (Å²) in [4.78, 5) is 36.7. The van der Waals surface area contributed by atoms with Gasteiger partial charge in [0.15, 0.2) is 11.5 Å². The minimum atomic E-state index is -1.02. The maximum atomic E-state index is 13.0. The van der Waals surface area contributed by atoms with Crippen molar-refractivity contribution in [3.63, 3.8) is 0 Å². The van der Waals surface area contributed by atoms with Gasteiger partial charge in [-0.15, -0.1) is 0 Å². The van der Waals surface area contributed by atoms with Crippen LogP contribution in [0.2, 0.25) is 0 Å². The molecule has 4 rings (SSSR count). The van der Waals surface area contributed by atoms with E-state index in [1.807, 2.05) is 42.5 Å². The summed E-state index contributed by atoms with van der Waals surface area (Å²) in [6, 6.07) is 12.5. The normalized spacial score (nSPS) is 14.4. The van der Waals surface area contributed by atoms with E-state index in [0.717, 1.165) is 16.3 Å². The molecule has 1 aliphatic carbocycles. The molecule has 1 amide bonds. The van der Waals surface area contributed by atoms with Crippen molar-refractivity contribution in [2.24, 2.45) is 0 Å². The van der Waals surface area contributed by atoms with Crippen LogP contribution in [0.4, 0.5) is 0 Å². The predicted octanol–water partition coefficient (Wildman–Crippen LogP) is 4.21. The molecule has 0 saturated carbocycles. The van der Waals surface area contributed by atoms with E-state index >= 15 is 0 Å². The minimum absolute atomic E-state index is 0.0114. The number of hydrogen-bond donors (Lipinski definition) is 2. The van der Waals surface area contributed by atoms with Crippen molar-refractivity contribution in [1.82, 2.24) is 5.32 Å². The van der Waals surface area contributed by atoms with Gasteiger partial charge in [0.1, 0.15) is 5.76 Å². The smallest absolute Gasteiger partial charge is 0.305 e. The van der Waals surface area contributed by atoms with E-state index in [0.29, 0.717) is 36.1 Å². The van der Waals surface area contributed by atoms with E-state index in [1.54, 1.807) is 6.92 Å². The second-order valence-electron chi connectivity index (χ2n) is 7.32. The van der Waals surface area contributed by atoms with Crippen LogP contribution >= 0.6 is 0 Å². The van der Waals surface area contributed by atoms with Crippen molar-refractivity contribution in [3.8, 4) is 0 Å². The van der Waals surface area contributed by atoms with Crippen molar-refractivity contribution < 1.29 is 23.9 Å². The Hall–Kier alpha value is -3.41. The van der Waals surface area contributed by atoms with Gasteiger partial charge in [0.2, 0.25) is 0 Å². The zero-order chi connectivity index (χ0) is 20.5. The third kappa shape index (κ3) is 3.53. The molecule has 29 heavy (non-hydrogen) atoms. The summed E-state index contributed by atoms with van der Waals surface area (Å²) in [5.41, 5.74) is 1.75. The van der Waals surface area contributed by atoms with Crippen LogP contribution in [-0.4, -0.2) is 22.8 Å². The van der Waals surface area contributed by atoms with Crippen LogP contribution in [0.1, 0.15) is 63.1 Å². The Morgan fingerprint density at radius 2 is 1.90 bits per heavy atom. The summed E-state index contributed by atoms with van der Waals surface area (Å²) in [5.74, 6) is -0.912. The molecule has 148 valence electrons. The highest BCUT2D eigenvalue weighted by molar-refractivity contribution is 6.03. The largest absolute Gasteiger partial charge is 0.481 e. The van der Waals surface area contributed by atoms with Crippen molar-refractivity contribution >= 4 is 28.4 Å². The predicted molar refractivity (Wildman–Crippen MR) is 107 cm³/mol. The Morgan fingerprint density at radius 3 is 2.66 bits per heavy atom. The zero-order valence-electron chi connectivity index (χ0n) is 16.0. The Kier molecular flexibility index (Phi) is 4.92. The third-order valence-electron chi connectivity index (χ3n) is 5.40. The molecule has 1 aliphatic rings. The van der Waals surface area contributed by atoms with Crippen LogP contribution in [0.5, 0.6) is 0 Å². The number of furan rings is 1. The van der Waals surface area contributed by atoms with E-state index in [2.05, 4.69) is 5.32 Å². The molecule has 0 fully saturated rings. The van der Waals surface area contributed by atoms with Crippen LogP contribution in [-0.2, 0) is 11.2 Å². The molecule has 0 saturated heterocycles. The molecule has 0 unspecified atom stereocenters. The Balaban J connectivity index is 1.70. The number of Topliss-reactive ketones (excluding diaryl/α,β-unsaturated/α-hetero) is 1. The molecule has 0 radical (unpaired) electrons. The number of ketones is 1. The quantitative estimate of drug-likeness (QED) is 0.679. The maximum absolute atomic E-state index is 13.0. The number of fused-ring (bicyclic) bond motifs is 2. The van der Waals surface area contributed by atoms with E-state index in [-0.39, 0.29) is 18.0 Å². The molecule has 0 bridgehead atoms. The van der Waals surface area contributed by atoms with E-state index in [1.165, 1.54) is 0 Å². The number of carboxylic acid groups (broad SMARTS) is 1. The number of carbonyl (C=O) groups excluding carboxylic acids is 2. The van der Waals surface area contributed by atoms with Gasteiger partial charge < -0.3 is 14.8 Å². The summed E-state index contributed by atoms with van der Waals surface area (Å²) >= 11 is 0. The summed E-state index contributed by atoms with van der Waals surface area (Å²) in [6.45, 7) is 1.70. The van der Waals surface area contributed by atoms with Crippen LogP contribution in [0.15, 0.2) is 46.9 Å². The molecule has 1 aromatic heterocycles. The standard InChI is InChI=1S/C23H21NO5/c1-13-21-18(25)10-5-11-19(21)29-22(13)23(28)24-17(12-20(26)27)16-9-4-7-14-6-2-3-8-15(14)16/h2-4,6-9,17H,5,10-12H2,1H3,(H,24,28)(H,26,27)/t17-/m1/s1. The lowest BCUT2D eigenvalue weighted by Crippen LogP contribution is -2.30. The number of carbonyl (C=O) groups is 3. The second kappa shape index (κ2) is 7.54. The fraction of sp³-hybridized carbons (Fsp3) is 0.261. The monoisotopic (exact) mass is 391 g/mol. The van der Waals surface area contributed by atoms with Crippen molar-refractivity contribution in [1.29, 1.82) is 0 Å². The first-order valence-corrected chi connectivity index (χ1v) is 9.61. The first kappa shape index (κ1) is 18.9. The van der Waals surface area contributed by atoms with E-state index < -0.39 is 17.9 Å². The summed E-state index contributed by atoms with van der Waals surface area (Å²) < 4.78 is 5.72. The molecular formula is C23H21NO5. The Bertz CT molecular complexity index is 1120. The van der Waals surface area contributed by atoms with E-state index in [4.69, 9.17) is 4.42 Å². The minimum Gasteiger partial charge on any atom is -0.481 e. The fourth-order valence-corrected chi connectivity index (χ4v) is 4.06. The Morgan fingerprint density at radius 1 is 1.14 bits per heavy atom. The summed E-state index contributed by atoms with van der Waals surface area (Å²) in [5, 5.41) is 14.1. The topological polar surface area (TPSA) is 96.6 Å². The average molecular weight is 391 g/mol. The number of aryl methyl sites for hydroxylation is 1. The van der Waals surface area contributed by atoms with Gasteiger partial charge in [-0.25, -0.2) is 0 Å². The van der Waals surface area contributed by atoms with Crippen LogP contribution in [0.3, 0.4) is 0 Å². The molecule has 6 nitrogen and oxygen atoms in total. The first-order chi connectivity index (χ1) is 14.0. The average Bonchev–Trinajstić information content (AvgIpc) is 3.04. The second-order valence-corrected chi connectivity index (χ2v) is 7.32. The number of hydrogen-bond acceptors (Lipinski definition) is 4. The van der Waals surface area contributed by atoms with Crippen molar-refractivity contribution in [2.45, 2.75) is 38.6 Å². The lowest BCUT2D eigenvalue weighted by Gasteiger charge is -2.19. The highest BCUT2D eigenvalue weighted by Crippen LogP contribution is 2.31. The number of amides is 1. The lowest BCUT2D eigenvalue weighted by atomic mass is 9.93. The molecule has 6 heteroatoms. The molecule has 0 spiro atoms. The van der Waals surface area contributed by atoms with E-state index in [9.17, 15) is 19.5 Å². The third-order valence-corrected chi connectivity index (χ3v) is 5.40. The maximum Gasteiger partial charge on any atom is 0.305 e. The van der Waals surface area contributed by atoms with Crippen LogP contribution in [0, 0.1) is 6.92 Å². The first-order valence-electron chi connectivity index (χ1n) is 9.61. The van der Waals surface area contributed by atoms with Gasteiger partial charge in [-0.2, -0.15) is 0 Å². The van der Waals surface area contributed by atoms with Gasteiger partial charge in [0.25, 0.3) is 5.91 Å². The molecule has 0 aliphatic heterocycles. The number of benzene rings is 2. The molecule has 1 heterocycles. The van der Waals surface area contributed by atoms with Gasteiger partial charge >= 0.3 is 5.97 Å². The lowest BCUT2D eigenvalue weighted by molar-refractivity contribution is -0.137.